The number of nitrogens with zero attached hydrogens (tertiary/aromatic N) is 2. The maximum Gasteiger partial charge on any atom is 0.321 e. The summed E-state index contributed by atoms with van der Waals surface area (Å²) < 4.78 is 39.3. The van der Waals surface area contributed by atoms with Crippen molar-refractivity contribution in [1.29, 1.82) is 0 Å². The summed E-state index contributed by atoms with van der Waals surface area (Å²) in [5.74, 6) is -0.326. The Morgan fingerprint density at radius 3 is 2.22 bits per heavy atom. The van der Waals surface area contributed by atoms with Crippen LogP contribution in [0.5, 0.6) is 0 Å². The third-order valence-electron chi connectivity index (χ3n) is 4.52. The van der Waals surface area contributed by atoms with Gasteiger partial charge in [0.05, 0.1) is 4.90 Å². The molecule has 2 aromatic rings. The van der Waals surface area contributed by atoms with Crippen molar-refractivity contribution >= 4 is 21.7 Å². The molecule has 0 aromatic heterocycles. The SMILES string of the molecule is CN(Cc1ccc(F)cc1)C(=O)Nc1ccc(S(=O)(=O)N(C)C2CC2)cc1. The molecule has 27 heavy (non-hydrogen) atoms. The number of amides is 2. The Bertz CT molecular complexity index is 910. The molecule has 0 bridgehead atoms. The summed E-state index contributed by atoms with van der Waals surface area (Å²) in [5.41, 5.74) is 1.30. The Morgan fingerprint density at radius 2 is 1.67 bits per heavy atom. The average Bonchev–Trinajstić information content (AvgIpc) is 3.48. The molecule has 1 saturated carbocycles. The predicted octanol–water partition coefficient (Wildman–Crippen LogP) is 3.27. The Kier molecular flexibility index (Phi) is 5.48. The topological polar surface area (TPSA) is 69.7 Å². The van der Waals surface area contributed by atoms with Crippen molar-refractivity contribution in [2.75, 3.05) is 19.4 Å². The minimum Gasteiger partial charge on any atom is -0.323 e. The number of hydrogen-bond acceptors (Lipinski definition) is 3. The number of benzene rings is 2. The number of carbonyl (C=O) groups is 1. The fourth-order valence-corrected chi connectivity index (χ4v) is 4.08. The van der Waals surface area contributed by atoms with E-state index in [1.807, 2.05) is 0 Å². The van der Waals surface area contributed by atoms with Gasteiger partial charge in [-0.2, -0.15) is 4.31 Å². The fourth-order valence-electron chi connectivity index (χ4n) is 2.67. The van der Waals surface area contributed by atoms with Crippen LogP contribution < -0.4 is 5.32 Å². The maximum absolute atomic E-state index is 12.9. The quantitative estimate of drug-likeness (QED) is 0.822. The molecular weight excluding hydrogens is 369 g/mol. The molecule has 3 rings (SSSR count). The zero-order valence-corrected chi connectivity index (χ0v) is 16.0. The Balaban J connectivity index is 1.61. The predicted molar refractivity (Wildman–Crippen MR) is 101 cm³/mol. The number of anilines is 1. The minimum absolute atomic E-state index is 0.0921. The van der Waals surface area contributed by atoms with Crippen molar-refractivity contribution in [2.24, 2.45) is 0 Å². The Morgan fingerprint density at radius 1 is 1.07 bits per heavy atom. The molecular formula is C19H22FN3O3S. The number of nitrogens with one attached hydrogen (secondary N) is 1. The lowest BCUT2D eigenvalue weighted by Crippen LogP contribution is -2.31. The van der Waals surface area contributed by atoms with Crippen LogP contribution in [0, 0.1) is 5.82 Å². The smallest absolute Gasteiger partial charge is 0.321 e. The maximum atomic E-state index is 12.9. The standard InChI is InChI=1S/C19H22FN3O3S/c1-22(13-14-3-5-15(20)6-4-14)19(24)21-16-7-11-18(12-8-16)27(25,26)23(2)17-9-10-17/h3-8,11-12,17H,9-10,13H2,1-2H3,(H,21,24). The average molecular weight is 391 g/mol. The normalized spacial score (nSPS) is 14.2. The van der Waals surface area contributed by atoms with Crippen LogP contribution in [0.2, 0.25) is 0 Å². The van der Waals surface area contributed by atoms with E-state index in [0.717, 1.165) is 18.4 Å². The number of hydrogen-bond donors (Lipinski definition) is 1. The van der Waals surface area contributed by atoms with Gasteiger partial charge in [0.1, 0.15) is 5.82 Å². The van der Waals surface area contributed by atoms with Crippen molar-refractivity contribution < 1.29 is 17.6 Å². The Hall–Kier alpha value is -2.45. The van der Waals surface area contributed by atoms with Crippen molar-refractivity contribution in [3.63, 3.8) is 0 Å². The van der Waals surface area contributed by atoms with E-state index in [2.05, 4.69) is 5.32 Å². The van der Waals surface area contributed by atoms with E-state index in [4.69, 9.17) is 0 Å². The third kappa shape index (κ3) is 4.64. The van der Waals surface area contributed by atoms with E-state index in [1.54, 1.807) is 38.4 Å². The minimum atomic E-state index is -3.50. The molecule has 0 unspecified atom stereocenters. The fraction of sp³-hybridized carbons (Fsp3) is 0.316. The molecule has 2 aromatic carbocycles. The largest absolute Gasteiger partial charge is 0.323 e. The second kappa shape index (κ2) is 7.66. The summed E-state index contributed by atoms with van der Waals surface area (Å²) >= 11 is 0. The molecule has 0 radical (unpaired) electrons. The highest BCUT2D eigenvalue weighted by Gasteiger charge is 2.34. The van der Waals surface area contributed by atoms with Crippen LogP contribution in [-0.2, 0) is 16.6 Å². The van der Waals surface area contributed by atoms with E-state index in [1.165, 1.54) is 33.5 Å². The van der Waals surface area contributed by atoms with Gasteiger partial charge in [-0.3, -0.25) is 0 Å². The molecule has 144 valence electrons. The molecule has 0 aliphatic heterocycles. The van der Waals surface area contributed by atoms with Crippen LogP contribution in [0.3, 0.4) is 0 Å². The molecule has 1 fully saturated rings. The van der Waals surface area contributed by atoms with E-state index >= 15 is 0 Å². The van der Waals surface area contributed by atoms with Gasteiger partial charge in [0.25, 0.3) is 0 Å². The van der Waals surface area contributed by atoms with E-state index in [0.29, 0.717) is 12.2 Å². The third-order valence-corrected chi connectivity index (χ3v) is 6.45. The number of rotatable bonds is 6. The summed E-state index contributed by atoms with van der Waals surface area (Å²) in [6, 6.07) is 11.8. The monoisotopic (exact) mass is 391 g/mol. The lowest BCUT2D eigenvalue weighted by Gasteiger charge is -2.19. The molecule has 0 atom stereocenters. The first kappa shape index (κ1) is 19.3. The number of carbonyl (C=O) groups excluding carboxylic acids is 1. The highest BCUT2D eigenvalue weighted by molar-refractivity contribution is 7.89. The second-order valence-electron chi connectivity index (χ2n) is 6.69. The van der Waals surface area contributed by atoms with Gasteiger partial charge in [0, 0.05) is 32.4 Å². The summed E-state index contributed by atoms with van der Waals surface area (Å²) in [4.78, 5) is 13.9. The van der Waals surface area contributed by atoms with Gasteiger partial charge in [-0.15, -0.1) is 0 Å². The highest BCUT2D eigenvalue weighted by Crippen LogP contribution is 2.30. The van der Waals surface area contributed by atoms with Gasteiger partial charge in [0.2, 0.25) is 10.0 Å². The molecule has 1 N–H and O–H groups in total. The first-order chi connectivity index (χ1) is 12.8. The molecule has 0 saturated heterocycles. The van der Waals surface area contributed by atoms with Gasteiger partial charge in [-0.05, 0) is 54.8 Å². The molecule has 2 amide bonds. The molecule has 6 nitrogen and oxygen atoms in total. The first-order valence-electron chi connectivity index (χ1n) is 8.62. The van der Waals surface area contributed by atoms with Crippen LogP contribution in [0.4, 0.5) is 14.9 Å². The van der Waals surface area contributed by atoms with Crippen LogP contribution in [-0.4, -0.2) is 43.8 Å². The van der Waals surface area contributed by atoms with E-state index in [-0.39, 0.29) is 22.8 Å². The summed E-state index contributed by atoms with van der Waals surface area (Å²) in [5, 5.41) is 2.72. The van der Waals surface area contributed by atoms with Crippen LogP contribution >= 0.6 is 0 Å². The van der Waals surface area contributed by atoms with Gasteiger partial charge in [-0.25, -0.2) is 17.6 Å². The molecule has 0 heterocycles. The van der Waals surface area contributed by atoms with Gasteiger partial charge in [-0.1, -0.05) is 12.1 Å². The number of halogens is 1. The molecule has 1 aliphatic rings. The van der Waals surface area contributed by atoms with Crippen LogP contribution in [0.15, 0.2) is 53.4 Å². The van der Waals surface area contributed by atoms with Crippen molar-refractivity contribution in [3.05, 3.63) is 59.9 Å². The second-order valence-corrected chi connectivity index (χ2v) is 8.69. The van der Waals surface area contributed by atoms with Crippen LogP contribution in [0.1, 0.15) is 18.4 Å². The molecule has 1 aliphatic carbocycles. The number of urea groups is 1. The highest BCUT2D eigenvalue weighted by atomic mass is 32.2. The summed E-state index contributed by atoms with van der Waals surface area (Å²) in [6.45, 7) is 0.324. The van der Waals surface area contributed by atoms with Crippen molar-refractivity contribution in [3.8, 4) is 0 Å². The van der Waals surface area contributed by atoms with Crippen molar-refractivity contribution in [1.82, 2.24) is 9.21 Å². The zero-order chi connectivity index (χ0) is 19.6. The summed E-state index contributed by atoms with van der Waals surface area (Å²) in [6.07, 6.45) is 1.79. The van der Waals surface area contributed by atoms with Crippen molar-refractivity contribution in [2.45, 2.75) is 30.3 Å². The van der Waals surface area contributed by atoms with Gasteiger partial charge in [0.15, 0.2) is 0 Å². The van der Waals surface area contributed by atoms with Gasteiger partial charge >= 0.3 is 6.03 Å². The molecule has 0 spiro atoms. The van der Waals surface area contributed by atoms with E-state index in [9.17, 15) is 17.6 Å². The Labute approximate surface area is 158 Å². The lowest BCUT2D eigenvalue weighted by atomic mass is 10.2. The van der Waals surface area contributed by atoms with Crippen LogP contribution in [0.25, 0.3) is 0 Å². The lowest BCUT2D eigenvalue weighted by molar-refractivity contribution is 0.220. The number of sulfonamides is 1. The van der Waals surface area contributed by atoms with Gasteiger partial charge < -0.3 is 10.2 Å². The summed E-state index contributed by atoms with van der Waals surface area (Å²) in [7, 11) is -0.284. The van der Waals surface area contributed by atoms with E-state index < -0.39 is 10.0 Å². The first-order valence-corrected chi connectivity index (χ1v) is 10.1. The zero-order valence-electron chi connectivity index (χ0n) is 15.2. The molecule has 8 heteroatoms.